The molecule has 1 fully saturated rings. The Labute approximate surface area is 92.5 Å². The molecule has 0 aliphatic carbocycles. The van der Waals surface area contributed by atoms with Gasteiger partial charge in [0.2, 0.25) is 0 Å². The molecule has 1 aromatic rings. The molecule has 0 unspecified atom stereocenters. The zero-order chi connectivity index (χ0) is 10.1. The Morgan fingerprint density at radius 1 is 1.60 bits per heavy atom. The zero-order valence-electron chi connectivity index (χ0n) is 7.87. The number of halogens is 2. The van der Waals surface area contributed by atoms with Gasteiger partial charge in [0.25, 0.3) is 5.91 Å². The first-order chi connectivity index (χ1) is 6.70. The van der Waals surface area contributed by atoms with Crippen LogP contribution >= 0.6 is 12.4 Å². The number of amides is 1. The lowest BCUT2D eigenvalue weighted by atomic mass is 9.97. The molecule has 1 aromatic heterocycles. The fourth-order valence-electron chi connectivity index (χ4n) is 1.42. The summed E-state index contributed by atoms with van der Waals surface area (Å²) in [6.45, 7) is 1.40. The molecule has 0 aromatic carbocycles. The first kappa shape index (κ1) is 11.9. The Kier molecular flexibility index (Phi) is 3.60. The van der Waals surface area contributed by atoms with Crippen LogP contribution in [-0.4, -0.2) is 24.0 Å². The number of primary amides is 1. The van der Waals surface area contributed by atoms with E-state index in [1.165, 1.54) is 12.3 Å². The Hall–Kier alpha value is -1.20. The maximum absolute atomic E-state index is 13.6. The van der Waals surface area contributed by atoms with Gasteiger partial charge >= 0.3 is 0 Å². The first-order valence-corrected chi connectivity index (χ1v) is 4.35. The Morgan fingerprint density at radius 3 is 2.73 bits per heavy atom. The van der Waals surface area contributed by atoms with E-state index in [0.29, 0.717) is 18.8 Å². The number of nitrogens with two attached hydrogens (primary N) is 1. The number of hydrogen-bond acceptors (Lipinski definition) is 3. The van der Waals surface area contributed by atoms with E-state index in [1.807, 2.05) is 0 Å². The van der Waals surface area contributed by atoms with Gasteiger partial charge in [-0.25, -0.2) is 4.39 Å². The Balaban J connectivity index is 0.00000112. The predicted molar refractivity (Wildman–Crippen MR) is 55.6 cm³/mol. The summed E-state index contributed by atoms with van der Waals surface area (Å²) in [7, 11) is 0. The third kappa shape index (κ3) is 2.08. The molecular weight excluding hydrogens is 221 g/mol. The van der Waals surface area contributed by atoms with Crippen molar-refractivity contribution in [2.24, 2.45) is 5.73 Å². The standard InChI is InChI=1S/C9H10FN3O.ClH/c10-7-6(9(11)14)1-2-13-8(7)5-3-12-4-5;/h1-2,5,12H,3-4H2,(H2,11,14);1H. The van der Waals surface area contributed by atoms with Crippen LogP contribution in [0.5, 0.6) is 0 Å². The summed E-state index contributed by atoms with van der Waals surface area (Å²) in [5.41, 5.74) is 5.27. The van der Waals surface area contributed by atoms with Crippen LogP contribution in [0.4, 0.5) is 4.39 Å². The zero-order valence-corrected chi connectivity index (χ0v) is 8.68. The van der Waals surface area contributed by atoms with Crippen molar-refractivity contribution in [1.29, 1.82) is 0 Å². The van der Waals surface area contributed by atoms with Gasteiger partial charge in [0, 0.05) is 25.2 Å². The van der Waals surface area contributed by atoms with Crippen LogP contribution in [0.15, 0.2) is 12.3 Å². The molecule has 1 amide bonds. The molecular formula is C9H11ClFN3O. The van der Waals surface area contributed by atoms with Gasteiger partial charge < -0.3 is 11.1 Å². The number of aromatic nitrogens is 1. The van der Waals surface area contributed by atoms with Crippen molar-refractivity contribution in [3.8, 4) is 0 Å². The van der Waals surface area contributed by atoms with Gasteiger partial charge in [-0.3, -0.25) is 9.78 Å². The lowest BCUT2D eigenvalue weighted by molar-refractivity contribution is 0.0996. The van der Waals surface area contributed by atoms with Crippen molar-refractivity contribution < 1.29 is 9.18 Å². The molecule has 3 N–H and O–H groups in total. The molecule has 0 radical (unpaired) electrons. The third-order valence-corrected chi connectivity index (χ3v) is 2.35. The van der Waals surface area contributed by atoms with Crippen molar-refractivity contribution in [1.82, 2.24) is 10.3 Å². The maximum atomic E-state index is 13.6. The van der Waals surface area contributed by atoms with Crippen molar-refractivity contribution in [2.45, 2.75) is 5.92 Å². The van der Waals surface area contributed by atoms with Gasteiger partial charge in [0.1, 0.15) is 0 Å². The number of hydrogen-bond donors (Lipinski definition) is 2. The van der Waals surface area contributed by atoms with Crippen LogP contribution in [0.2, 0.25) is 0 Å². The number of nitrogens with one attached hydrogen (secondary N) is 1. The van der Waals surface area contributed by atoms with E-state index in [1.54, 1.807) is 0 Å². The van der Waals surface area contributed by atoms with Gasteiger partial charge in [-0.1, -0.05) is 0 Å². The van der Waals surface area contributed by atoms with E-state index in [2.05, 4.69) is 10.3 Å². The van der Waals surface area contributed by atoms with Crippen molar-refractivity contribution in [3.63, 3.8) is 0 Å². The number of carbonyl (C=O) groups excluding carboxylic acids is 1. The number of rotatable bonds is 2. The highest BCUT2D eigenvalue weighted by atomic mass is 35.5. The molecule has 15 heavy (non-hydrogen) atoms. The molecule has 0 saturated carbocycles. The second kappa shape index (κ2) is 4.55. The Morgan fingerprint density at radius 2 is 2.27 bits per heavy atom. The summed E-state index contributed by atoms with van der Waals surface area (Å²) in [5.74, 6) is -1.26. The van der Waals surface area contributed by atoms with Crippen molar-refractivity contribution >= 4 is 18.3 Å². The van der Waals surface area contributed by atoms with Crippen molar-refractivity contribution in [3.05, 3.63) is 29.3 Å². The lowest BCUT2D eigenvalue weighted by Gasteiger charge is -2.26. The molecule has 6 heteroatoms. The van der Waals surface area contributed by atoms with Crippen molar-refractivity contribution in [2.75, 3.05) is 13.1 Å². The average molecular weight is 232 g/mol. The predicted octanol–water partition coefficient (Wildman–Crippen LogP) is 0.428. The molecule has 0 bridgehead atoms. The quantitative estimate of drug-likeness (QED) is 0.776. The highest BCUT2D eigenvalue weighted by molar-refractivity contribution is 5.93. The largest absolute Gasteiger partial charge is 0.366 e. The number of pyridine rings is 1. The Bertz CT molecular complexity index is 382. The fourth-order valence-corrected chi connectivity index (χ4v) is 1.42. The smallest absolute Gasteiger partial charge is 0.251 e. The SMILES string of the molecule is Cl.NC(=O)c1ccnc(C2CNC2)c1F. The van der Waals surface area contributed by atoms with Crippen LogP contribution in [-0.2, 0) is 0 Å². The van der Waals surface area contributed by atoms with E-state index in [4.69, 9.17) is 5.73 Å². The minimum absolute atomic E-state index is 0. The second-order valence-corrected chi connectivity index (χ2v) is 3.28. The summed E-state index contributed by atoms with van der Waals surface area (Å²) in [6, 6.07) is 1.30. The third-order valence-electron chi connectivity index (χ3n) is 2.35. The average Bonchev–Trinajstić information content (AvgIpc) is 2.04. The second-order valence-electron chi connectivity index (χ2n) is 3.28. The highest BCUT2D eigenvalue weighted by Crippen LogP contribution is 2.22. The van der Waals surface area contributed by atoms with E-state index >= 15 is 0 Å². The summed E-state index contributed by atoms with van der Waals surface area (Å²) >= 11 is 0. The first-order valence-electron chi connectivity index (χ1n) is 4.35. The van der Waals surface area contributed by atoms with Crippen LogP contribution in [0.1, 0.15) is 22.0 Å². The summed E-state index contributed by atoms with van der Waals surface area (Å²) < 4.78 is 13.6. The number of nitrogens with zero attached hydrogens (tertiary/aromatic N) is 1. The minimum atomic E-state index is -0.751. The summed E-state index contributed by atoms with van der Waals surface area (Å²) in [6.07, 6.45) is 1.41. The van der Waals surface area contributed by atoms with Gasteiger partial charge in [-0.2, -0.15) is 0 Å². The van der Waals surface area contributed by atoms with E-state index in [-0.39, 0.29) is 23.9 Å². The van der Waals surface area contributed by atoms with Crippen LogP contribution in [0, 0.1) is 5.82 Å². The number of carbonyl (C=O) groups is 1. The lowest BCUT2D eigenvalue weighted by Crippen LogP contribution is -2.41. The van der Waals surface area contributed by atoms with E-state index in [0.717, 1.165) is 0 Å². The summed E-state index contributed by atoms with van der Waals surface area (Å²) in [4.78, 5) is 14.8. The van der Waals surface area contributed by atoms with Crippen LogP contribution in [0.25, 0.3) is 0 Å². The molecule has 1 saturated heterocycles. The minimum Gasteiger partial charge on any atom is -0.366 e. The van der Waals surface area contributed by atoms with Gasteiger partial charge in [0.15, 0.2) is 5.82 Å². The van der Waals surface area contributed by atoms with E-state index in [9.17, 15) is 9.18 Å². The van der Waals surface area contributed by atoms with Gasteiger partial charge in [0.05, 0.1) is 11.3 Å². The molecule has 4 nitrogen and oxygen atoms in total. The fraction of sp³-hybridized carbons (Fsp3) is 0.333. The summed E-state index contributed by atoms with van der Waals surface area (Å²) in [5, 5.41) is 3.01. The molecule has 2 heterocycles. The molecule has 82 valence electrons. The van der Waals surface area contributed by atoms with Gasteiger partial charge in [-0.05, 0) is 6.07 Å². The normalized spacial score (nSPS) is 15.3. The molecule has 0 spiro atoms. The molecule has 0 atom stereocenters. The maximum Gasteiger partial charge on any atom is 0.251 e. The molecule has 1 aliphatic rings. The molecule has 2 rings (SSSR count). The highest BCUT2D eigenvalue weighted by Gasteiger charge is 2.25. The molecule has 1 aliphatic heterocycles. The van der Waals surface area contributed by atoms with Crippen LogP contribution in [0.3, 0.4) is 0 Å². The topological polar surface area (TPSA) is 68.0 Å². The van der Waals surface area contributed by atoms with Crippen LogP contribution < -0.4 is 11.1 Å². The van der Waals surface area contributed by atoms with Gasteiger partial charge in [-0.15, -0.1) is 12.4 Å². The monoisotopic (exact) mass is 231 g/mol. The van der Waals surface area contributed by atoms with E-state index < -0.39 is 11.7 Å².